The number of likely N-dealkylation sites (tertiary alicyclic amines) is 1. The minimum Gasteiger partial charge on any atom is -0.397 e. The molecular formula is C13H18N4O2. The monoisotopic (exact) mass is 262 g/mol. The lowest BCUT2D eigenvalue weighted by atomic mass is 10.2. The van der Waals surface area contributed by atoms with Crippen molar-refractivity contribution in [1.29, 1.82) is 0 Å². The summed E-state index contributed by atoms with van der Waals surface area (Å²) >= 11 is 0. The van der Waals surface area contributed by atoms with Gasteiger partial charge in [0.2, 0.25) is 5.91 Å². The predicted molar refractivity (Wildman–Crippen MR) is 71.4 cm³/mol. The van der Waals surface area contributed by atoms with Crippen molar-refractivity contribution in [3.63, 3.8) is 0 Å². The van der Waals surface area contributed by atoms with Gasteiger partial charge in [-0.2, -0.15) is 0 Å². The fraction of sp³-hybridized carbons (Fsp3) is 0.462. The van der Waals surface area contributed by atoms with E-state index < -0.39 is 6.04 Å². The number of aromatic nitrogens is 1. The average Bonchev–Trinajstić information content (AvgIpc) is 2.86. The van der Waals surface area contributed by atoms with E-state index in [2.05, 4.69) is 4.98 Å². The lowest BCUT2D eigenvalue weighted by molar-refractivity contribution is -0.132. The zero-order chi connectivity index (χ0) is 14.0. The summed E-state index contributed by atoms with van der Waals surface area (Å²) in [5, 5.41) is 0. The molecule has 0 saturated carbocycles. The Morgan fingerprint density at radius 1 is 1.47 bits per heavy atom. The van der Waals surface area contributed by atoms with Crippen LogP contribution in [0.3, 0.4) is 0 Å². The summed E-state index contributed by atoms with van der Waals surface area (Å²) in [4.78, 5) is 31.6. The number of nitrogen functional groups attached to an aromatic ring is 1. The van der Waals surface area contributed by atoms with Gasteiger partial charge in [-0.3, -0.25) is 9.59 Å². The maximum Gasteiger partial charge on any atom is 0.275 e. The molecule has 0 spiro atoms. The third kappa shape index (κ3) is 2.52. The third-order valence-corrected chi connectivity index (χ3v) is 3.28. The van der Waals surface area contributed by atoms with Crippen LogP contribution in [0, 0.1) is 0 Å². The molecule has 0 radical (unpaired) electrons. The molecule has 1 aromatic heterocycles. The van der Waals surface area contributed by atoms with Crippen LogP contribution in [-0.4, -0.2) is 53.3 Å². The van der Waals surface area contributed by atoms with E-state index in [-0.39, 0.29) is 17.5 Å². The van der Waals surface area contributed by atoms with Crippen molar-refractivity contribution < 1.29 is 9.59 Å². The molecule has 1 aliphatic rings. The molecule has 2 N–H and O–H groups in total. The quantitative estimate of drug-likeness (QED) is 0.834. The Balaban J connectivity index is 2.24. The number of carbonyl (C=O) groups is 2. The summed E-state index contributed by atoms with van der Waals surface area (Å²) in [6, 6.07) is 2.92. The molecular weight excluding hydrogens is 244 g/mol. The summed E-state index contributed by atoms with van der Waals surface area (Å²) in [7, 11) is 3.39. The number of pyridine rings is 1. The van der Waals surface area contributed by atoms with E-state index in [0.717, 1.165) is 6.42 Å². The molecule has 1 fully saturated rings. The van der Waals surface area contributed by atoms with Gasteiger partial charge in [-0.15, -0.1) is 0 Å². The molecule has 0 bridgehead atoms. The predicted octanol–water partition coefficient (Wildman–Crippen LogP) is 0.357. The average molecular weight is 262 g/mol. The Bertz CT molecular complexity index is 501. The van der Waals surface area contributed by atoms with E-state index in [4.69, 9.17) is 5.73 Å². The van der Waals surface area contributed by atoms with Gasteiger partial charge in [0.1, 0.15) is 6.04 Å². The Kier molecular flexibility index (Phi) is 3.69. The SMILES string of the molecule is CN(C)C(=O)C1CCCN1C(=O)c1ncccc1N. The second kappa shape index (κ2) is 5.26. The first-order valence-electron chi connectivity index (χ1n) is 6.25. The van der Waals surface area contributed by atoms with Crippen LogP contribution in [0.15, 0.2) is 18.3 Å². The van der Waals surface area contributed by atoms with Gasteiger partial charge in [-0.05, 0) is 25.0 Å². The maximum atomic E-state index is 12.4. The van der Waals surface area contributed by atoms with Crippen LogP contribution in [0.5, 0.6) is 0 Å². The Morgan fingerprint density at radius 3 is 2.84 bits per heavy atom. The lowest BCUT2D eigenvalue weighted by Crippen LogP contribution is -2.45. The van der Waals surface area contributed by atoms with Crippen LogP contribution in [0.1, 0.15) is 23.3 Å². The van der Waals surface area contributed by atoms with Gasteiger partial charge in [-0.1, -0.05) is 0 Å². The molecule has 0 aromatic carbocycles. The zero-order valence-corrected chi connectivity index (χ0v) is 11.2. The topological polar surface area (TPSA) is 79.5 Å². The van der Waals surface area contributed by atoms with Crippen LogP contribution in [0.25, 0.3) is 0 Å². The molecule has 2 amide bonds. The van der Waals surface area contributed by atoms with E-state index in [0.29, 0.717) is 18.7 Å². The lowest BCUT2D eigenvalue weighted by Gasteiger charge is -2.26. The summed E-state index contributed by atoms with van der Waals surface area (Å²) < 4.78 is 0. The summed E-state index contributed by atoms with van der Waals surface area (Å²) in [5.74, 6) is -0.323. The van der Waals surface area contributed by atoms with Crippen molar-refractivity contribution in [2.24, 2.45) is 0 Å². The Morgan fingerprint density at radius 2 is 2.21 bits per heavy atom. The highest BCUT2D eigenvalue weighted by molar-refractivity contribution is 6.00. The zero-order valence-electron chi connectivity index (χ0n) is 11.2. The van der Waals surface area contributed by atoms with Crippen LogP contribution in [-0.2, 0) is 4.79 Å². The van der Waals surface area contributed by atoms with Crippen LogP contribution >= 0.6 is 0 Å². The molecule has 1 aliphatic heterocycles. The van der Waals surface area contributed by atoms with Crippen molar-refractivity contribution in [2.45, 2.75) is 18.9 Å². The highest BCUT2D eigenvalue weighted by Crippen LogP contribution is 2.22. The van der Waals surface area contributed by atoms with Crippen molar-refractivity contribution in [3.8, 4) is 0 Å². The molecule has 1 atom stereocenters. The van der Waals surface area contributed by atoms with Gasteiger partial charge in [0.15, 0.2) is 5.69 Å². The van der Waals surface area contributed by atoms with Crippen molar-refractivity contribution in [2.75, 3.05) is 26.4 Å². The largest absolute Gasteiger partial charge is 0.397 e. The van der Waals surface area contributed by atoms with E-state index in [1.165, 1.54) is 11.1 Å². The second-order valence-corrected chi connectivity index (χ2v) is 4.83. The van der Waals surface area contributed by atoms with Crippen molar-refractivity contribution in [3.05, 3.63) is 24.0 Å². The van der Waals surface area contributed by atoms with Crippen LogP contribution < -0.4 is 5.73 Å². The van der Waals surface area contributed by atoms with E-state index in [9.17, 15) is 9.59 Å². The molecule has 0 aliphatic carbocycles. The number of hydrogen-bond donors (Lipinski definition) is 1. The molecule has 19 heavy (non-hydrogen) atoms. The fourth-order valence-corrected chi connectivity index (χ4v) is 2.30. The van der Waals surface area contributed by atoms with E-state index in [1.807, 2.05) is 0 Å². The van der Waals surface area contributed by atoms with Crippen LogP contribution in [0.2, 0.25) is 0 Å². The molecule has 6 nitrogen and oxygen atoms in total. The summed E-state index contributed by atoms with van der Waals surface area (Å²) in [6.45, 7) is 0.569. The van der Waals surface area contributed by atoms with E-state index in [1.54, 1.807) is 31.1 Å². The van der Waals surface area contributed by atoms with Gasteiger partial charge in [0.25, 0.3) is 5.91 Å². The second-order valence-electron chi connectivity index (χ2n) is 4.83. The van der Waals surface area contributed by atoms with Gasteiger partial charge in [-0.25, -0.2) is 4.98 Å². The molecule has 102 valence electrons. The summed E-state index contributed by atoms with van der Waals surface area (Å²) in [5.41, 5.74) is 6.33. The molecule has 1 aromatic rings. The van der Waals surface area contributed by atoms with Crippen LogP contribution in [0.4, 0.5) is 5.69 Å². The molecule has 6 heteroatoms. The minimum absolute atomic E-state index is 0.0552. The fourth-order valence-electron chi connectivity index (χ4n) is 2.30. The number of likely N-dealkylation sites (N-methyl/N-ethyl adjacent to an activating group) is 1. The van der Waals surface area contributed by atoms with Gasteiger partial charge < -0.3 is 15.5 Å². The number of amides is 2. The third-order valence-electron chi connectivity index (χ3n) is 3.28. The minimum atomic E-state index is -0.399. The number of nitrogens with two attached hydrogens (primary N) is 1. The number of rotatable bonds is 2. The van der Waals surface area contributed by atoms with E-state index >= 15 is 0 Å². The first-order valence-corrected chi connectivity index (χ1v) is 6.25. The smallest absolute Gasteiger partial charge is 0.275 e. The number of anilines is 1. The molecule has 1 saturated heterocycles. The van der Waals surface area contributed by atoms with Gasteiger partial charge in [0, 0.05) is 26.8 Å². The summed E-state index contributed by atoms with van der Waals surface area (Å²) in [6.07, 6.45) is 3.04. The first-order chi connectivity index (χ1) is 9.02. The van der Waals surface area contributed by atoms with Gasteiger partial charge >= 0.3 is 0 Å². The van der Waals surface area contributed by atoms with Crippen molar-refractivity contribution >= 4 is 17.5 Å². The highest BCUT2D eigenvalue weighted by atomic mass is 16.2. The normalized spacial score (nSPS) is 18.4. The maximum absolute atomic E-state index is 12.4. The van der Waals surface area contributed by atoms with Gasteiger partial charge in [0.05, 0.1) is 5.69 Å². The standard InChI is InChI=1S/C13H18N4O2/c1-16(2)12(18)10-6-4-8-17(10)13(19)11-9(14)5-3-7-15-11/h3,5,7,10H,4,6,8,14H2,1-2H3. The highest BCUT2D eigenvalue weighted by Gasteiger charge is 2.36. The number of hydrogen-bond acceptors (Lipinski definition) is 4. The molecule has 2 heterocycles. The molecule has 1 unspecified atom stereocenters. The number of carbonyl (C=O) groups excluding carboxylic acids is 2. The Labute approximate surface area is 112 Å². The first kappa shape index (κ1) is 13.3. The van der Waals surface area contributed by atoms with Crippen molar-refractivity contribution in [1.82, 2.24) is 14.8 Å². The number of nitrogens with zero attached hydrogens (tertiary/aromatic N) is 3. The molecule has 2 rings (SSSR count). The Hall–Kier alpha value is -2.11.